The molecule has 9 nitrogen and oxygen atoms in total. The van der Waals surface area contributed by atoms with E-state index in [1.807, 2.05) is 54.9 Å². The largest absolute Gasteiger partial charge is 0.354 e. The first-order valence-electron chi connectivity index (χ1n) is 13.2. The van der Waals surface area contributed by atoms with Crippen molar-refractivity contribution in [3.05, 3.63) is 76.7 Å². The molecule has 0 spiro atoms. The van der Waals surface area contributed by atoms with Gasteiger partial charge in [-0.1, -0.05) is 24.3 Å². The first-order valence-corrected chi connectivity index (χ1v) is 13.2. The number of carbonyl (C=O) groups excluding carboxylic acids is 1. The highest BCUT2D eigenvalue weighted by atomic mass is 16.2. The number of hydrogen-bond donors (Lipinski definition) is 1. The Kier molecular flexibility index (Phi) is 6.15. The average Bonchev–Trinajstić information content (AvgIpc) is 3.62. The second-order valence-electron chi connectivity index (χ2n) is 10.1. The van der Waals surface area contributed by atoms with Gasteiger partial charge in [-0.25, -0.2) is 9.97 Å². The molecular formula is C29H32N8O. The highest BCUT2D eigenvalue weighted by molar-refractivity contribution is 6.10. The van der Waals surface area contributed by atoms with Crippen molar-refractivity contribution in [2.75, 3.05) is 23.4 Å². The van der Waals surface area contributed by atoms with E-state index in [-0.39, 0.29) is 5.91 Å². The molecular weight excluding hydrogens is 476 g/mol. The van der Waals surface area contributed by atoms with Crippen LogP contribution in [-0.4, -0.2) is 50.3 Å². The molecule has 2 aliphatic heterocycles. The number of benzene rings is 1. The number of nitrogens with zero attached hydrogens (tertiary/aromatic N) is 7. The van der Waals surface area contributed by atoms with Gasteiger partial charge in [0, 0.05) is 24.7 Å². The summed E-state index contributed by atoms with van der Waals surface area (Å²) in [7, 11) is 1.91. The number of hydrogen-bond acceptors (Lipinski definition) is 7. The summed E-state index contributed by atoms with van der Waals surface area (Å²) in [5.74, 6) is 2.85. The Labute approximate surface area is 222 Å². The lowest BCUT2D eigenvalue weighted by Crippen LogP contribution is -2.28. The lowest BCUT2D eigenvalue weighted by Gasteiger charge is -2.24. The predicted octanol–water partition coefficient (Wildman–Crippen LogP) is 4.21. The third kappa shape index (κ3) is 4.03. The fourth-order valence-corrected chi connectivity index (χ4v) is 5.60. The number of fused-ring (bicyclic) bond motifs is 1. The fourth-order valence-electron chi connectivity index (χ4n) is 5.60. The molecule has 4 aromatic rings. The Morgan fingerprint density at radius 3 is 2.63 bits per heavy atom. The number of carbonyl (C=O) groups is 1. The maximum Gasteiger partial charge on any atom is 0.260 e. The molecule has 9 heteroatoms. The van der Waals surface area contributed by atoms with Crippen LogP contribution >= 0.6 is 0 Å². The summed E-state index contributed by atoms with van der Waals surface area (Å²) in [6.45, 7) is 8.23. The molecule has 1 saturated heterocycles. The Bertz CT molecular complexity index is 1530. The molecule has 0 saturated carbocycles. The smallest absolute Gasteiger partial charge is 0.260 e. The van der Waals surface area contributed by atoms with E-state index < -0.39 is 0 Å². The molecule has 1 atom stereocenters. The molecule has 0 unspecified atom stereocenters. The van der Waals surface area contributed by atoms with Crippen molar-refractivity contribution >= 4 is 17.5 Å². The minimum absolute atomic E-state index is 0.0472. The molecule has 0 radical (unpaired) electrons. The molecule has 2 aliphatic rings. The van der Waals surface area contributed by atoms with Crippen molar-refractivity contribution in [3.63, 3.8) is 0 Å². The van der Waals surface area contributed by atoms with Crippen molar-refractivity contribution in [3.8, 4) is 17.2 Å². The summed E-state index contributed by atoms with van der Waals surface area (Å²) >= 11 is 0. The first-order chi connectivity index (χ1) is 18.5. The molecule has 1 N–H and O–H groups in total. The maximum atomic E-state index is 13.8. The van der Waals surface area contributed by atoms with E-state index >= 15 is 0 Å². The zero-order chi connectivity index (χ0) is 26.4. The topological polar surface area (TPSA) is 92.1 Å². The van der Waals surface area contributed by atoms with E-state index in [0.717, 1.165) is 53.5 Å². The van der Waals surface area contributed by atoms with Crippen molar-refractivity contribution < 1.29 is 4.79 Å². The number of amides is 1. The van der Waals surface area contributed by atoms with Crippen LogP contribution in [0.15, 0.2) is 48.5 Å². The standard InChI is InChI=1S/C29H32N8O/c1-18-9-5-6-12-25(18)37-20(3)33-34-28(37)23-11-7-13-26(31-23)36-17-22-21(29(36)38)15-27(32-24(22)16-30-4)35-14-8-10-19(35)2/h5-7,9,11-13,15,19,30H,8,10,14,16-17H2,1-4H3/t19-/m1/s1. The summed E-state index contributed by atoms with van der Waals surface area (Å²) in [5.41, 5.74) is 5.38. The van der Waals surface area contributed by atoms with Crippen molar-refractivity contribution in [1.82, 2.24) is 30.0 Å². The van der Waals surface area contributed by atoms with Gasteiger partial charge >= 0.3 is 0 Å². The second kappa shape index (κ2) is 9.64. The first kappa shape index (κ1) is 24.2. The zero-order valence-electron chi connectivity index (χ0n) is 22.3. The number of rotatable bonds is 6. The number of aryl methyl sites for hydroxylation is 2. The van der Waals surface area contributed by atoms with Crippen LogP contribution in [0.3, 0.4) is 0 Å². The van der Waals surface area contributed by atoms with Crippen molar-refractivity contribution in [1.29, 1.82) is 0 Å². The lowest BCUT2D eigenvalue weighted by molar-refractivity contribution is 0.0996. The number of nitrogens with one attached hydrogen (secondary N) is 1. The molecule has 5 heterocycles. The Hall–Kier alpha value is -4.11. The van der Waals surface area contributed by atoms with Gasteiger partial charge in [0.15, 0.2) is 5.82 Å². The molecule has 38 heavy (non-hydrogen) atoms. The molecule has 194 valence electrons. The molecule has 0 bridgehead atoms. The lowest BCUT2D eigenvalue weighted by atomic mass is 10.1. The zero-order valence-corrected chi connectivity index (χ0v) is 22.3. The molecule has 3 aromatic heterocycles. The van der Waals surface area contributed by atoms with Gasteiger partial charge in [0.05, 0.1) is 23.5 Å². The summed E-state index contributed by atoms with van der Waals surface area (Å²) in [6, 6.07) is 16.2. The van der Waals surface area contributed by atoms with Crippen LogP contribution in [0.5, 0.6) is 0 Å². The van der Waals surface area contributed by atoms with Crippen LogP contribution < -0.4 is 15.1 Å². The van der Waals surface area contributed by atoms with Gasteiger partial charge in [-0.2, -0.15) is 0 Å². The monoisotopic (exact) mass is 508 g/mol. The molecule has 1 aromatic carbocycles. The van der Waals surface area contributed by atoms with Gasteiger partial charge in [0.25, 0.3) is 5.91 Å². The van der Waals surface area contributed by atoms with Gasteiger partial charge in [0.1, 0.15) is 23.2 Å². The number of pyridine rings is 2. The van der Waals surface area contributed by atoms with Crippen molar-refractivity contribution in [2.24, 2.45) is 0 Å². The normalized spacial score (nSPS) is 16.9. The highest BCUT2D eigenvalue weighted by Gasteiger charge is 2.34. The van der Waals surface area contributed by atoms with E-state index in [9.17, 15) is 4.79 Å². The van der Waals surface area contributed by atoms with Crippen LogP contribution in [-0.2, 0) is 13.1 Å². The molecule has 6 rings (SSSR count). The quantitative estimate of drug-likeness (QED) is 0.417. The van der Waals surface area contributed by atoms with Gasteiger partial charge in [-0.05, 0) is 70.5 Å². The van der Waals surface area contributed by atoms with Gasteiger partial charge < -0.3 is 10.2 Å². The third-order valence-electron chi connectivity index (χ3n) is 7.60. The molecule has 1 fully saturated rings. The average molecular weight is 509 g/mol. The second-order valence-corrected chi connectivity index (χ2v) is 10.1. The maximum absolute atomic E-state index is 13.8. The van der Waals surface area contributed by atoms with E-state index in [1.165, 1.54) is 0 Å². The third-order valence-corrected chi connectivity index (χ3v) is 7.60. The Morgan fingerprint density at radius 2 is 1.87 bits per heavy atom. The molecule has 0 aliphatic carbocycles. The number of para-hydroxylation sites is 1. The predicted molar refractivity (Wildman–Crippen MR) is 148 cm³/mol. The summed E-state index contributed by atoms with van der Waals surface area (Å²) in [6.07, 6.45) is 2.29. The number of anilines is 2. The SMILES string of the molecule is CNCc1nc(N2CCC[C@H]2C)cc2c1CN(c1cccc(-c3nnc(C)n3-c3ccccc3C)n1)C2=O. The fraction of sp³-hybridized carbons (Fsp3) is 0.345. The minimum Gasteiger partial charge on any atom is -0.354 e. The van der Waals surface area contributed by atoms with Crippen molar-refractivity contribution in [2.45, 2.75) is 52.7 Å². The van der Waals surface area contributed by atoms with Crippen LogP contribution in [0.25, 0.3) is 17.2 Å². The van der Waals surface area contributed by atoms with Crippen LogP contribution in [0, 0.1) is 13.8 Å². The van der Waals surface area contributed by atoms with Crippen LogP contribution in [0.1, 0.15) is 52.8 Å². The van der Waals surface area contributed by atoms with Gasteiger partial charge in [0.2, 0.25) is 0 Å². The summed E-state index contributed by atoms with van der Waals surface area (Å²) in [4.78, 5) is 27.7. The minimum atomic E-state index is -0.0472. The number of aromatic nitrogens is 5. The van der Waals surface area contributed by atoms with E-state index in [2.05, 4.69) is 46.4 Å². The Morgan fingerprint density at radius 1 is 1.03 bits per heavy atom. The Balaban J connectivity index is 1.38. The van der Waals surface area contributed by atoms with Gasteiger partial charge in [-0.15, -0.1) is 10.2 Å². The van der Waals surface area contributed by atoms with E-state index in [1.54, 1.807) is 4.90 Å². The summed E-state index contributed by atoms with van der Waals surface area (Å²) < 4.78 is 2.01. The van der Waals surface area contributed by atoms with Gasteiger partial charge in [-0.3, -0.25) is 14.3 Å². The highest BCUT2D eigenvalue weighted by Crippen LogP contribution is 2.34. The van der Waals surface area contributed by atoms with Crippen LogP contribution in [0.2, 0.25) is 0 Å². The van der Waals surface area contributed by atoms with E-state index in [0.29, 0.717) is 42.0 Å². The van der Waals surface area contributed by atoms with Crippen LogP contribution in [0.4, 0.5) is 11.6 Å². The van der Waals surface area contributed by atoms with E-state index in [4.69, 9.17) is 9.97 Å². The summed E-state index contributed by atoms with van der Waals surface area (Å²) in [5, 5.41) is 12.0. The molecule has 1 amide bonds.